The second-order valence-electron chi connectivity index (χ2n) is 7.95. The molecule has 0 unspecified atom stereocenters. The molecule has 0 aromatic heterocycles. The van der Waals surface area contributed by atoms with Gasteiger partial charge in [-0.25, -0.2) is 8.42 Å². The van der Waals surface area contributed by atoms with E-state index in [1.165, 1.54) is 16.4 Å². The van der Waals surface area contributed by atoms with E-state index >= 15 is 0 Å². The van der Waals surface area contributed by atoms with Crippen molar-refractivity contribution in [3.8, 4) is 0 Å². The number of carbonyl (C=O) groups is 1. The number of rotatable bonds is 9. The van der Waals surface area contributed by atoms with E-state index in [0.29, 0.717) is 23.3 Å². The van der Waals surface area contributed by atoms with Gasteiger partial charge in [-0.05, 0) is 68.7 Å². The van der Waals surface area contributed by atoms with Gasteiger partial charge < -0.3 is 5.32 Å². The molecule has 0 atom stereocenters. The Bertz CT molecular complexity index is 972. The molecule has 0 spiro atoms. The molecule has 8 heteroatoms. The maximum Gasteiger partial charge on any atom is 0.243 e. The molecule has 0 saturated heterocycles. The molecule has 1 N–H and O–H groups in total. The van der Waals surface area contributed by atoms with Crippen LogP contribution >= 0.6 is 11.6 Å². The first-order chi connectivity index (χ1) is 14.2. The molecule has 0 aliphatic heterocycles. The number of nitrogens with one attached hydrogen (secondary N) is 1. The molecule has 3 rings (SSSR count). The van der Waals surface area contributed by atoms with Gasteiger partial charge in [0.15, 0.2) is 0 Å². The fourth-order valence-corrected chi connectivity index (χ4v) is 4.61. The first kappa shape index (κ1) is 22.7. The standard InChI is InChI=1S/C22H28ClN3O3S/c1-16(2)25(3)30(28,29)21-12-8-19(9-13-21)24-22(27)15-26(20-10-11-20)14-17-4-6-18(23)7-5-17/h4-9,12-13,16,20H,10-11,14-15H2,1-3H3,(H,24,27). The Morgan fingerprint density at radius 3 is 2.23 bits per heavy atom. The van der Waals surface area contributed by atoms with Gasteiger partial charge in [0.1, 0.15) is 0 Å². The van der Waals surface area contributed by atoms with Crippen molar-refractivity contribution >= 4 is 33.2 Å². The molecule has 1 saturated carbocycles. The van der Waals surface area contributed by atoms with Gasteiger partial charge in [0.2, 0.25) is 15.9 Å². The number of sulfonamides is 1. The van der Waals surface area contributed by atoms with E-state index in [4.69, 9.17) is 11.6 Å². The lowest BCUT2D eigenvalue weighted by molar-refractivity contribution is -0.117. The number of anilines is 1. The van der Waals surface area contributed by atoms with Crippen molar-refractivity contribution in [1.29, 1.82) is 0 Å². The summed E-state index contributed by atoms with van der Waals surface area (Å²) in [6.45, 7) is 4.61. The van der Waals surface area contributed by atoms with E-state index in [9.17, 15) is 13.2 Å². The summed E-state index contributed by atoms with van der Waals surface area (Å²) in [5.74, 6) is -0.120. The van der Waals surface area contributed by atoms with Crippen LogP contribution in [0.4, 0.5) is 5.69 Å². The van der Waals surface area contributed by atoms with Crippen molar-refractivity contribution in [2.75, 3.05) is 18.9 Å². The summed E-state index contributed by atoms with van der Waals surface area (Å²) < 4.78 is 26.4. The zero-order valence-corrected chi connectivity index (χ0v) is 19.1. The third-order valence-corrected chi connectivity index (χ3v) is 7.55. The third-order valence-electron chi connectivity index (χ3n) is 5.25. The van der Waals surface area contributed by atoms with Crippen molar-refractivity contribution in [1.82, 2.24) is 9.21 Å². The molecule has 162 valence electrons. The highest BCUT2D eigenvalue weighted by atomic mass is 35.5. The molecule has 1 amide bonds. The van der Waals surface area contributed by atoms with Gasteiger partial charge in [-0.2, -0.15) is 4.31 Å². The molecule has 30 heavy (non-hydrogen) atoms. The average molecular weight is 450 g/mol. The molecule has 6 nitrogen and oxygen atoms in total. The molecule has 1 fully saturated rings. The third kappa shape index (κ3) is 5.82. The van der Waals surface area contributed by atoms with Gasteiger partial charge in [0.05, 0.1) is 11.4 Å². The van der Waals surface area contributed by atoms with Gasteiger partial charge >= 0.3 is 0 Å². The Labute approximate surface area is 183 Å². The van der Waals surface area contributed by atoms with Crippen LogP contribution < -0.4 is 5.32 Å². The number of amides is 1. The highest BCUT2D eigenvalue weighted by Crippen LogP contribution is 2.28. The van der Waals surface area contributed by atoms with E-state index in [1.54, 1.807) is 19.2 Å². The van der Waals surface area contributed by atoms with Crippen LogP contribution in [-0.4, -0.2) is 49.2 Å². The molecule has 1 aliphatic carbocycles. The Kier molecular flexibility index (Phi) is 7.18. The van der Waals surface area contributed by atoms with E-state index < -0.39 is 10.0 Å². The summed E-state index contributed by atoms with van der Waals surface area (Å²) in [4.78, 5) is 14.9. The normalized spacial score (nSPS) is 14.5. The zero-order chi connectivity index (χ0) is 21.9. The zero-order valence-electron chi connectivity index (χ0n) is 17.5. The van der Waals surface area contributed by atoms with Crippen LogP contribution in [0, 0.1) is 0 Å². The summed E-state index contributed by atoms with van der Waals surface area (Å²) in [6.07, 6.45) is 2.19. The van der Waals surface area contributed by atoms with Crippen LogP contribution in [0.2, 0.25) is 5.02 Å². The van der Waals surface area contributed by atoms with Gasteiger partial charge in [0.25, 0.3) is 0 Å². The lowest BCUT2D eigenvalue weighted by Crippen LogP contribution is -2.34. The monoisotopic (exact) mass is 449 g/mol. The molecule has 0 bridgehead atoms. The molecular formula is C22H28ClN3O3S. The molecule has 1 aliphatic rings. The second-order valence-corrected chi connectivity index (χ2v) is 10.4. The minimum atomic E-state index is -3.54. The van der Waals surface area contributed by atoms with Crippen LogP contribution in [0.1, 0.15) is 32.3 Å². The van der Waals surface area contributed by atoms with Crippen molar-refractivity contribution in [3.05, 3.63) is 59.1 Å². The van der Waals surface area contributed by atoms with Gasteiger partial charge in [-0.1, -0.05) is 23.7 Å². The quantitative estimate of drug-likeness (QED) is 0.628. The number of benzene rings is 2. The van der Waals surface area contributed by atoms with Crippen LogP contribution in [0.15, 0.2) is 53.4 Å². The van der Waals surface area contributed by atoms with E-state index in [-0.39, 0.29) is 23.4 Å². The molecule has 0 radical (unpaired) electrons. The van der Waals surface area contributed by atoms with E-state index in [0.717, 1.165) is 18.4 Å². The number of hydrogen-bond acceptors (Lipinski definition) is 4. The summed E-state index contributed by atoms with van der Waals surface area (Å²) in [5.41, 5.74) is 1.69. The van der Waals surface area contributed by atoms with Crippen LogP contribution in [0.5, 0.6) is 0 Å². The van der Waals surface area contributed by atoms with Crippen molar-refractivity contribution in [2.24, 2.45) is 0 Å². The van der Waals surface area contributed by atoms with Gasteiger partial charge in [0, 0.05) is 36.4 Å². The summed E-state index contributed by atoms with van der Waals surface area (Å²) in [5, 5.41) is 3.56. The fourth-order valence-electron chi connectivity index (χ4n) is 3.12. The summed E-state index contributed by atoms with van der Waals surface area (Å²) >= 11 is 5.95. The lowest BCUT2D eigenvalue weighted by atomic mass is 10.2. The Hall–Kier alpha value is -1.93. The smallest absolute Gasteiger partial charge is 0.243 e. The number of hydrogen-bond donors (Lipinski definition) is 1. The summed E-state index contributed by atoms with van der Waals surface area (Å²) in [7, 11) is -1.98. The number of carbonyl (C=O) groups excluding carboxylic acids is 1. The highest BCUT2D eigenvalue weighted by Gasteiger charge is 2.30. The maximum absolute atomic E-state index is 12.6. The average Bonchev–Trinajstić information content (AvgIpc) is 3.54. The van der Waals surface area contributed by atoms with Crippen LogP contribution in [0.3, 0.4) is 0 Å². The molecule has 0 heterocycles. The number of nitrogens with zero attached hydrogens (tertiary/aromatic N) is 2. The predicted octanol–water partition coefficient (Wildman–Crippen LogP) is 3.97. The minimum absolute atomic E-state index is 0.120. The summed E-state index contributed by atoms with van der Waals surface area (Å²) in [6, 6.07) is 14.2. The molecule has 2 aromatic rings. The SMILES string of the molecule is CC(C)N(C)S(=O)(=O)c1ccc(NC(=O)CN(Cc2ccc(Cl)cc2)C2CC2)cc1. The van der Waals surface area contributed by atoms with E-state index in [1.807, 2.05) is 38.1 Å². The lowest BCUT2D eigenvalue weighted by Gasteiger charge is -2.22. The van der Waals surface area contributed by atoms with Crippen molar-refractivity contribution < 1.29 is 13.2 Å². The molecule has 2 aromatic carbocycles. The van der Waals surface area contributed by atoms with E-state index in [2.05, 4.69) is 10.2 Å². The Morgan fingerprint density at radius 2 is 1.70 bits per heavy atom. The van der Waals surface area contributed by atoms with Crippen molar-refractivity contribution in [2.45, 2.75) is 50.2 Å². The topological polar surface area (TPSA) is 69.7 Å². The number of halogens is 1. The van der Waals surface area contributed by atoms with Crippen LogP contribution in [-0.2, 0) is 21.4 Å². The van der Waals surface area contributed by atoms with Gasteiger partial charge in [-0.3, -0.25) is 9.69 Å². The van der Waals surface area contributed by atoms with Gasteiger partial charge in [-0.15, -0.1) is 0 Å². The first-order valence-corrected chi connectivity index (χ1v) is 11.8. The Morgan fingerprint density at radius 1 is 1.10 bits per heavy atom. The maximum atomic E-state index is 12.6. The largest absolute Gasteiger partial charge is 0.325 e. The Balaban J connectivity index is 1.61. The minimum Gasteiger partial charge on any atom is -0.325 e. The fraction of sp³-hybridized carbons (Fsp3) is 0.409. The van der Waals surface area contributed by atoms with Crippen LogP contribution in [0.25, 0.3) is 0 Å². The molecular weight excluding hydrogens is 422 g/mol. The predicted molar refractivity (Wildman–Crippen MR) is 120 cm³/mol. The second kappa shape index (κ2) is 9.47. The first-order valence-electron chi connectivity index (χ1n) is 10.0. The highest BCUT2D eigenvalue weighted by molar-refractivity contribution is 7.89. The van der Waals surface area contributed by atoms with Crippen molar-refractivity contribution in [3.63, 3.8) is 0 Å².